The summed E-state index contributed by atoms with van der Waals surface area (Å²) in [6.07, 6.45) is -0.165. The summed E-state index contributed by atoms with van der Waals surface area (Å²) in [5.41, 5.74) is 0. The molecule has 0 saturated heterocycles. The monoisotopic (exact) mass is 198 g/mol. The zero-order valence-electron chi connectivity index (χ0n) is 6.73. The molecule has 0 bridgehead atoms. The molecule has 0 aliphatic heterocycles. The Morgan fingerprint density at radius 2 is 1.33 bits per heavy atom. The first kappa shape index (κ1) is 13.0. The second-order valence-corrected chi connectivity index (χ2v) is 3.45. The van der Waals surface area contributed by atoms with Crippen molar-refractivity contribution in [3.63, 3.8) is 0 Å². The minimum atomic E-state index is -2.23. The molecule has 0 radical (unpaired) electrons. The molecule has 2 atom stereocenters. The van der Waals surface area contributed by atoms with Crippen molar-refractivity contribution in [1.29, 1.82) is 0 Å². The van der Waals surface area contributed by atoms with Crippen LogP contribution in [0.25, 0.3) is 0 Å². The maximum atomic E-state index is 9.81. The number of hydrogen-bond donors (Lipinski definition) is 2. The van der Waals surface area contributed by atoms with Crippen LogP contribution >= 0.6 is 16.1 Å². The first-order valence-corrected chi connectivity index (χ1v) is 4.69. The van der Waals surface area contributed by atoms with Crippen LogP contribution in [0.2, 0.25) is 0 Å². The summed E-state index contributed by atoms with van der Waals surface area (Å²) in [6.45, 7) is 0. The Morgan fingerprint density at radius 3 is 1.44 bits per heavy atom. The fourth-order valence-corrected chi connectivity index (χ4v) is 1.54. The van der Waals surface area contributed by atoms with Crippen LogP contribution in [-0.4, -0.2) is 59.8 Å². The van der Waals surface area contributed by atoms with Crippen LogP contribution in [-0.2, 0) is 9.13 Å². The maximum Gasteiger partial charge on any atom is 2.00 e. The molecule has 0 aliphatic rings. The Morgan fingerprint density at radius 1 is 1.11 bits per heavy atom. The van der Waals surface area contributed by atoms with E-state index in [0.717, 1.165) is 0 Å². The van der Waals surface area contributed by atoms with Gasteiger partial charge in [0.25, 0.3) is 0 Å². The first-order valence-electron chi connectivity index (χ1n) is 1.90. The molecule has 50 valence electrons. The van der Waals surface area contributed by atoms with Crippen LogP contribution in [0.3, 0.4) is 0 Å². The smallest absolute Gasteiger partial charge is 1.00 e. The van der Waals surface area contributed by atoms with E-state index in [-0.39, 0.29) is 52.9 Å². The summed E-state index contributed by atoms with van der Waals surface area (Å²) in [6, 6.07) is 0. The molecule has 0 aromatic heterocycles. The average Bonchev–Trinajstić information content (AvgIpc) is 1.61. The van der Waals surface area contributed by atoms with E-state index in [1.54, 1.807) is 0 Å². The Hall–Kier alpha value is 1.38. The van der Waals surface area contributed by atoms with Gasteiger partial charge in [-0.1, -0.05) is 0 Å². The second kappa shape index (κ2) is 7.49. The first-order chi connectivity index (χ1) is 3.63. The van der Waals surface area contributed by atoms with Gasteiger partial charge in [-0.3, -0.25) is 0 Å². The van der Waals surface area contributed by atoms with Gasteiger partial charge >= 0.3 is 53.8 Å². The molecule has 0 amide bonds. The van der Waals surface area contributed by atoms with Gasteiger partial charge in [0.1, 0.15) is 0 Å². The number of hydrogen-bond acceptors (Lipinski definition) is 2. The molecular formula is C2H8CaO4P2+2. The van der Waals surface area contributed by atoms with E-state index in [1.807, 2.05) is 0 Å². The Bertz CT molecular complexity index is 109. The summed E-state index contributed by atoms with van der Waals surface area (Å²) < 4.78 is 19.6. The van der Waals surface area contributed by atoms with Gasteiger partial charge in [0.15, 0.2) is 0 Å². The standard InChI is InChI=1S/C2H4O4P2.Ca.2H/c3-7(4)1-2-8(5)6;;;/h1-2H2;;;/q;+2;2*-1/p+2. The predicted molar refractivity (Wildman–Crippen MR) is 37.4 cm³/mol. The van der Waals surface area contributed by atoms with E-state index < -0.39 is 16.1 Å². The Kier molecular flexibility index (Phi) is 10.8. The van der Waals surface area contributed by atoms with Crippen LogP contribution < -0.4 is 0 Å². The van der Waals surface area contributed by atoms with Gasteiger partial charge in [-0.25, -0.2) is 0 Å². The van der Waals surface area contributed by atoms with Crippen molar-refractivity contribution in [2.24, 2.45) is 0 Å². The molecule has 9 heavy (non-hydrogen) atoms. The molecule has 0 saturated carbocycles. The van der Waals surface area contributed by atoms with Gasteiger partial charge in [0.2, 0.25) is 12.3 Å². The van der Waals surface area contributed by atoms with Crippen molar-refractivity contribution in [1.82, 2.24) is 0 Å². The average molecular weight is 198 g/mol. The summed E-state index contributed by atoms with van der Waals surface area (Å²) >= 11 is 0. The van der Waals surface area contributed by atoms with Crippen molar-refractivity contribution in [2.45, 2.75) is 0 Å². The van der Waals surface area contributed by atoms with E-state index in [9.17, 15) is 9.13 Å². The zero-order valence-corrected chi connectivity index (χ0v) is 8.72. The predicted octanol–water partition coefficient (Wildman–Crippen LogP) is 0.300. The quantitative estimate of drug-likeness (QED) is 0.505. The normalized spacial score (nSPS) is 11.8. The van der Waals surface area contributed by atoms with Gasteiger partial charge in [0.05, 0.1) is 0 Å². The van der Waals surface area contributed by atoms with Gasteiger partial charge < -0.3 is 2.85 Å². The molecule has 0 aromatic carbocycles. The van der Waals surface area contributed by atoms with Crippen molar-refractivity contribution in [3.8, 4) is 0 Å². The largest absolute Gasteiger partial charge is 2.00 e. The van der Waals surface area contributed by atoms with Crippen LogP contribution in [0.5, 0.6) is 0 Å². The Labute approximate surface area is 87.4 Å². The topological polar surface area (TPSA) is 74.6 Å². The second-order valence-electron chi connectivity index (χ2n) is 1.15. The summed E-state index contributed by atoms with van der Waals surface area (Å²) in [5.74, 6) is 0. The third-order valence-corrected chi connectivity index (χ3v) is 2.05. The van der Waals surface area contributed by atoms with Crippen LogP contribution in [0.15, 0.2) is 0 Å². The molecule has 0 fully saturated rings. The molecule has 7 heteroatoms. The molecule has 0 heterocycles. The van der Waals surface area contributed by atoms with Crippen molar-refractivity contribution in [3.05, 3.63) is 0 Å². The zero-order chi connectivity index (χ0) is 6.57. The Balaban J connectivity index is -0.0000000817. The third-order valence-electron chi connectivity index (χ3n) is 0.483. The van der Waals surface area contributed by atoms with Gasteiger partial charge in [-0.2, -0.15) is 9.79 Å². The third kappa shape index (κ3) is 12.6. The summed E-state index contributed by atoms with van der Waals surface area (Å²) in [5, 5.41) is 0. The molecule has 2 N–H and O–H groups in total. The SMILES string of the molecule is O=[P+](O)CC[P+](=O)O.[Ca+2].[H-].[H-]. The van der Waals surface area contributed by atoms with Crippen molar-refractivity contribution >= 4 is 53.8 Å². The minimum absolute atomic E-state index is 0. The van der Waals surface area contributed by atoms with Crippen molar-refractivity contribution in [2.75, 3.05) is 12.3 Å². The van der Waals surface area contributed by atoms with E-state index in [1.165, 1.54) is 0 Å². The summed E-state index contributed by atoms with van der Waals surface area (Å²) in [7, 11) is -4.45. The molecule has 2 unspecified atom stereocenters. The molecule has 0 aliphatic carbocycles. The molecule has 0 rings (SSSR count). The fraction of sp³-hybridized carbons (Fsp3) is 1.00. The van der Waals surface area contributed by atoms with Gasteiger partial charge in [-0.15, -0.1) is 0 Å². The minimum Gasteiger partial charge on any atom is -1.00 e. The van der Waals surface area contributed by atoms with Crippen LogP contribution in [0.1, 0.15) is 2.85 Å². The molecule has 4 nitrogen and oxygen atoms in total. The number of rotatable bonds is 3. The molecular weight excluding hydrogens is 190 g/mol. The van der Waals surface area contributed by atoms with E-state index >= 15 is 0 Å². The van der Waals surface area contributed by atoms with E-state index in [0.29, 0.717) is 0 Å². The molecule has 0 aromatic rings. The van der Waals surface area contributed by atoms with Crippen molar-refractivity contribution < 1.29 is 21.8 Å². The van der Waals surface area contributed by atoms with Crippen LogP contribution in [0, 0.1) is 0 Å². The molecule has 0 spiro atoms. The van der Waals surface area contributed by atoms with Gasteiger partial charge in [0, 0.05) is 0 Å². The fourth-order valence-electron chi connectivity index (χ4n) is 0.171. The van der Waals surface area contributed by atoms with E-state index in [2.05, 4.69) is 0 Å². The van der Waals surface area contributed by atoms with Gasteiger partial charge in [-0.05, 0) is 9.13 Å². The maximum absolute atomic E-state index is 9.81. The van der Waals surface area contributed by atoms with Crippen LogP contribution in [0.4, 0.5) is 0 Å². The summed E-state index contributed by atoms with van der Waals surface area (Å²) in [4.78, 5) is 16.1. The van der Waals surface area contributed by atoms with E-state index in [4.69, 9.17) is 9.79 Å².